The van der Waals surface area contributed by atoms with Crippen molar-refractivity contribution in [3.05, 3.63) is 34.7 Å². The van der Waals surface area contributed by atoms with E-state index < -0.39 is 0 Å². The fourth-order valence-electron chi connectivity index (χ4n) is 1.52. The summed E-state index contributed by atoms with van der Waals surface area (Å²) in [4.78, 5) is 12.2. The summed E-state index contributed by atoms with van der Waals surface area (Å²) < 4.78 is 6.19. The summed E-state index contributed by atoms with van der Waals surface area (Å²) in [5.41, 5.74) is 0.883. The molecule has 0 unspecified atom stereocenters. The molecule has 0 spiro atoms. The Hall–Kier alpha value is -1.33. The maximum Gasteiger partial charge on any atom is 0.263 e. The van der Waals surface area contributed by atoms with E-state index in [1.54, 1.807) is 6.08 Å². The monoisotopic (exact) mass is 279 g/mol. The van der Waals surface area contributed by atoms with Crippen molar-refractivity contribution in [3.63, 3.8) is 0 Å². The molecule has 1 fully saturated rings. The zero-order valence-corrected chi connectivity index (χ0v) is 11.7. The molecule has 94 valence electrons. The summed E-state index contributed by atoms with van der Waals surface area (Å²) in [7, 11) is 0. The van der Waals surface area contributed by atoms with Crippen LogP contribution in [0.15, 0.2) is 29.2 Å². The molecule has 0 radical (unpaired) electrons. The van der Waals surface area contributed by atoms with Gasteiger partial charge in [-0.2, -0.15) is 0 Å². The molecule has 1 heterocycles. The second-order valence-corrected chi connectivity index (χ2v) is 5.78. The van der Waals surface area contributed by atoms with Crippen LogP contribution >= 0.6 is 24.0 Å². The minimum atomic E-state index is -0.149. The van der Waals surface area contributed by atoms with Crippen molar-refractivity contribution < 1.29 is 9.53 Å². The first kappa shape index (κ1) is 13.1. The first-order valence-corrected chi connectivity index (χ1v) is 6.79. The van der Waals surface area contributed by atoms with Gasteiger partial charge in [0, 0.05) is 5.56 Å². The predicted octanol–water partition coefficient (Wildman–Crippen LogP) is 2.96. The number of thiocarbonyl (C=S) groups is 1. The third kappa shape index (κ3) is 3.11. The van der Waals surface area contributed by atoms with Gasteiger partial charge in [-0.3, -0.25) is 4.79 Å². The van der Waals surface area contributed by atoms with Gasteiger partial charge in [-0.05, 0) is 26.0 Å². The van der Waals surface area contributed by atoms with Gasteiger partial charge in [0.1, 0.15) is 10.1 Å². The Morgan fingerprint density at radius 1 is 1.39 bits per heavy atom. The van der Waals surface area contributed by atoms with E-state index in [4.69, 9.17) is 17.0 Å². The number of nitrogens with one attached hydrogen (secondary N) is 1. The van der Waals surface area contributed by atoms with Crippen LogP contribution in [-0.2, 0) is 4.79 Å². The molecule has 5 heteroatoms. The number of benzene rings is 1. The fourth-order valence-corrected chi connectivity index (χ4v) is 2.56. The first-order valence-electron chi connectivity index (χ1n) is 5.57. The van der Waals surface area contributed by atoms with E-state index in [2.05, 4.69) is 5.32 Å². The van der Waals surface area contributed by atoms with E-state index in [-0.39, 0.29) is 12.0 Å². The van der Waals surface area contributed by atoms with Crippen LogP contribution < -0.4 is 10.1 Å². The number of rotatable bonds is 3. The highest BCUT2D eigenvalue weighted by Gasteiger charge is 2.22. The van der Waals surface area contributed by atoms with Crippen LogP contribution in [0.5, 0.6) is 5.75 Å². The molecule has 0 bridgehead atoms. The van der Waals surface area contributed by atoms with Crippen LogP contribution in [0.25, 0.3) is 6.08 Å². The lowest BCUT2D eigenvalue weighted by Crippen LogP contribution is -2.17. The third-order valence-electron chi connectivity index (χ3n) is 2.21. The lowest BCUT2D eigenvalue weighted by Gasteiger charge is -2.12. The Morgan fingerprint density at radius 2 is 2.11 bits per heavy atom. The van der Waals surface area contributed by atoms with E-state index in [1.807, 2.05) is 38.1 Å². The number of ether oxygens (including phenoxy) is 1. The number of thioether (sulfide) groups is 1. The van der Waals surface area contributed by atoms with Gasteiger partial charge >= 0.3 is 0 Å². The van der Waals surface area contributed by atoms with E-state index in [0.29, 0.717) is 9.23 Å². The summed E-state index contributed by atoms with van der Waals surface area (Å²) in [6, 6.07) is 7.63. The van der Waals surface area contributed by atoms with Crippen molar-refractivity contribution in [3.8, 4) is 5.75 Å². The Morgan fingerprint density at radius 3 is 2.72 bits per heavy atom. The van der Waals surface area contributed by atoms with Crippen molar-refractivity contribution in [2.75, 3.05) is 0 Å². The lowest BCUT2D eigenvalue weighted by atomic mass is 10.2. The average molecular weight is 279 g/mol. The van der Waals surface area contributed by atoms with E-state index in [9.17, 15) is 4.79 Å². The highest BCUT2D eigenvalue weighted by Crippen LogP contribution is 2.29. The van der Waals surface area contributed by atoms with Gasteiger partial charge in [0.05, 0.1) is 11.0 Å². The minimum absolute atomic E-state index is 0.0932. The van der Waals surface area contributed by atoms with E-state index >= 15 is 0 Å². The molecule has 1 saturated heterocycles. The lowest BCUT2D eigenvalue weighted by molar-refractivity contribution is -0.115. The first-order chi connectivity index (χ1) is 8.56. The molecule has 0 aliphatic carbocycles. The van der Waals surface area contributed by atoms with E-state index in [1.165, 1.54) is 11.8 Å². The molecular formula is C13H13NO2S2. The normalized spacial score (nSPS) is 17.4. The summed E-state index contributed by atoms with van der Waals surface area (Å²) in [5, 5.41) is 2.59. The standard InChI is InChI=1S/C13H13NO2S2/c1-8(2)16-10-6-4-3-5-9(10)7-11-12(15)14-13(17)18-11/h3-8H,1-2H3,(H,14,15,17)/b11-7-. The summed E-state index contributed by atoms with van der Waals surface area (Å²) in [5.74, 6) is 0.621. The topological polar surface area (TPSA) is 38.3 Å². The molecule has 1 aliphatic rings. The molecule has 1 amide bonds. The molecule has 0 atom stereocenters. The van der Waals surface area contributed by atoms with Crippen LogP contribution in [0.3, 0.4) is 0 Å². The number of carbonyl (C=O) groups excluding carboxylic acids is 1. The predicted molar refractivity (Wildman–Crippen MR) is 78.5 cm³/mol. The highest BCUT2D eigenvalue weighted by atomic mass is 32.2. The van der Waals surface area contributed by atoms with Gasteiger partial charge in [-0.15, -0.1) is 0 Å². The Balaban J connectivity index is 2.31. The van der Waals surface area contributed by atoms with Crippen molar-refractivity contribution in [2.24, 2.45) is 0 Å². The molecule has 1 aromatic rings. The molecular weight excluding hydrogens is 266 g/mol. The van der Waals surface area contributed by atoms with Gasteiger partial charge in [0.2, 0.25) is 0 Å². The van der Waals surface area contributed by atoms with Crippen molar-refractivity contribution in [1.29, 1.82) is 0 Å². The number of hydrogen-bond donors (Lipinski definition) is 1. The maximum absolute atomic E-state index is 11.6. The van der Waals surface area contributed by atoms with Crippen LogP contribution in [0.1, 0.15) is 19.4 Å². The zero-order chi connectivity index (χ0) is 13.1. The quantitative estimate of drug-likeness (QED) is 0.682. The molecule has 1 aromatic carbocycles. The summed E-state index contributed by atoms with van der Waals surface area (Å²) in [6.45, 7) is 3.94. The molecule has 0 aromatic heterocycles. The smallest absolute Gasteiger partial charge is 0.263 e. The Labute approximate surface area is 116 Å². The molecule has 0 saturated carbocycles. The highest BCUT2D eigenvalue weighted by molar-refractivity contribution is 8.26. The van der Waals surface area contributed by atoms with Crippen LogP contribution in [0, 0.1) is 0 Å². The Bertz CT molecular complexity index is 523. The third-order valence-corrected chi connectivity index (χ3v) is 3.37. The maximum atomic E-state index is 11.6. The van der Waals surface area contributed by atoms with Gasteiger partial charge in [0.25, 0.3) is 5.91 Å². The van der Waals surface area contributed by atoms with Gasteiger partial charge in [-0.25, -0.2) is 0 Å². The fraction of sp³-hybridized carbons (Fsp3) is 0.231. The average Bonchev–Trinajstić information content (AvgIpc) is 2.59. The molecule has 18 heavy (non-hydrogen) atoms. The van der Waals surface area contributed by atoms with Crippen molar-refractivity contribution >= 4 is 40.3 Å². The molecule has 1 aliphatic heterocycles. The number of carbonyl (C=O) groups is 1. The second-order valence-electron chi connectivity index (χ2n) is 4.06. The number of para-hydroxylation sites is 1. The second kappa shape index (κ2) is 5.54. The van der Waals surface area contributed by atoms with Crippen LogP contribution in [0.4, 0.5) is 0 Å². The molecule has 3 nitrogen and oxygen atoms in total. The van der Waals surface area contributed by atoms with E-state index in [0.717, 1.165) is 11.3 Å². The number of amides is 1. The Kier molecular flexibility index (Phi) is 4.04. The van der Waals surface area contributed by atoms with Gasteiger partial charge in [-0.1, -0.05) is 42.2 Å². The van der Waals surface area contributed by atoms with Crippen molar-refractivity contribution in [1.82, 2.24) is 5.32 Å². The summed E-state index contributed by atoms with van der Waals surface area (Å²) in [6.07, 6.45) is 1.90. The zero-order valence-electron chi connectivity index (χ0n) is 10.1. The van der Waals surface area contributed by atoms with Crippen LogP contribution in [0.2, 0.25) is 0 Å². The number of hydrogen-bond acceptors (Lipinski definition) is 4. The largest absolute Gasteiger partial charge is 0.490 e. The molecule has 2 rings (SSSR count). The minimum Gasteiger partial charge on any atom is -0.490 e. The SMILES string of the molecule is CC(C)Oc1ccccc1/C=C1\SC(=S)NC1=O. The van der Waals surface area contributed by atoms with Crippen LogP contribution in [-0.4, -0.2) is 16.3 Å². The molecule has 1 N–H and O–H groups in total. The van der Waals surface area contributed by atoms with Gasteiger partial charge < -0.3 is 10.1 Å². The summed E-state index contributed by atoms with van der Waals surface area (Å²) >= 11 is 6.22. The van der Waals surface area contributed by atoms with Gasteiger partial charge in [0.15, 0.2) is 0 Å². The van der Waals surface area contributed by atoms with Crippen molar-refractivity contribution in [2.45, 2.75) is 20.0 Å².